The number of hydrogen-bond acceptors (Lipinski definition) is 5. The molecule has 0 aliphatic heterocycles. The van der Waals surface area contributed by atoms with Crippen molar-refractivity contribution in [2.75, 3.05) is 6.54 Å². The summed E-state index contributed by atoms with van der Waals surface area (Å²) in [5.74, 6) is 0.663. The monoisotopic (exact) mass is 316 g/mol. The minimum absolute atomic E-state index is 0.0398. The Hall–Kier alpha value is -2.44. The minimum Gasteiger partial charge on any atom is -0.488 e. The molecule has 3 N–H and O–H groups in total. The number of para-hydroxylation sites is 1. The molecular weight excluding hydrogens is 296 g/mol. The zero-order valence-corrected chi connectivity index (χ0v) is 13.2. The van der Waals surface area contributed by atoms with E-state index in [0.717, 1.165) is 16.7 Å². The number of nitro groups is 1. The maximum absolute atomic E-state index is 11.0. The number of nitrogens with two attached hydrogens (primary N) is 1. The molecule has 6 nitrogen and oxygen atoms in total. The van der Waals surface area contributed by atoms with Gasteiger partial charge in [0.25, 0.3) is 5.69 Å². The van der Waals surface area contributed by atoms with Crippen molar-refractivity contribution in [2.45, 2.75) is 26.6 Å². The third-order valence-electron chi connectivity index (χ3n) is 3.65. The lowest BCUT2D eigenvalue weighted by molar-refractivity contribution is -0.385. The molecular formula is C17H20N2O4. The number of aliphatic hydroxyl groups excluding tert-OH is 1. The second-order valence-electron chi connectivity index (χ2n) is 5.41. The van der Waals surface area contributed by atoms with Crippen LogP contribution in [0.2, 0.25) is 0 Å². The van der Waals surface area contributed by atoms with Gasteiger partial charge in [0.2, 0.25) is 0 Å². The van der Waals surface area contributed by atoms with Crippen molar-refractivity contribution < 1.29 is 14.8 Å². The van der Waals surface area contributed by atoms with Crippen molar-refractivity contribution in [2.24, 2.45) is 5.73 Å². The Labute approximate surface area is 134 Å². The molecule has 2 aromatic carbocycles. The Balaban J connectivity index is 2.23. The molecule has 0 aliphatic carbocycles. The lowest BCUT2D eigenvalue weighted by atomic mass is 10.0. The molecule has 0 amide bonds. The molecule has 2 aromatic rings. The van der Waals surface area contributed by atoms with Gasteiger partial charge in [-0.3, -0.25) is 10.1 Å². The van der Waals surface area contributed by atoms with Crippen LogP contribution in [-0.2, 0) is 6.61 Å². The van der Waals surface area contributed by atoms with Gasteiger partial charge in [0, 0.05) is 12.6 Å². The van der Waals surface area contributed by atoms with Crippen LogP contribution >= 0.6 is 0 Å². The molecule has 0 radical (unpaired) electrons. The Morgan fingerprint density at radius 1 is 1.26 bits per heavy atom. The van der Waals surface area contributed by atoms with Crippen LogP contribution < -0.4 is 10.5 Å². The van der Waals surface area contributed by atoms with Gasteiger partial charge in [-0.1, -0.05) is 12.1 Å². The van der Waals surface area contributed by atoms with Gasteiger partial charge in [-0.2, -0.15) is 0 Å². The Morgan fingerprint density at radius 3 is 2.43 bits per heavy atom. The molecule has 0 bridgehead atoms. The maximum atomic E-state index is 11.0. The number of aliphatic hydroxyl groups is 1. The number of aryl methyl sites for hydroxylation is 2. The SMILES string of the molecule is Cc1cc(C(O)CN)cc(C)c1OCc1ccccc1[N+](=O)[O-]. The molecule has 0 spiro atoms. The quantitative estimate of drug-likeness (QED) is 0.630. The van der Waals surface area contributed by atoms with Crippen molar-refractivity contribution in [1.29, 1.82) is 0 Å². The number of rotatable bonds is 6. The summed E-state index contributed by atoms with van der Waals surface area (Å²) in [5.41, 5.74) is 8.48. The predicted octanol–water partition coefficient (Wildman–Crippen LogP) is 2.78. The average Bonchev–Trinajstić information content (AvgIpc) is 2.53. The number of ether oxygens (including phenoxy) is 1. The molecule has 1 unspecified atom stereocenters. The first-order valence-electron chi connectivity index (χ1n) is 7.28. The zero-order valence-electron chi connectivity index (χ0n) is 13.2. The highest BCUT2D eigenvalue weighted by atomic mass is 16.6. The van der Waals surface area contributed by atoms with Crippen molar-refractivity contribution in [3.05, 3.63) is 68.8 Å². The average molecular weight is 316 g/mol. The van der Waals surface area contributed by atoms with Gasteiger partial charge < -0.3 is 15.6 Å². The van der Waals surface area contributed by atoms with Crippen molar-refractivity contribution in [3.8, 4) is 5.75 Å². The molecule has 0 saturated heterocycles. The predicted molar refractivity (Wildman–Crippen MR) is 87.4 cm³/mol. The van der Waals surface area contributed by atoms with Gasteiger partial charge in [-0.25, -0.2) is 0 Å². The van der Waals surface area contributed by atoms with Crippen molar-refractivity contribution in [3.63, 3.8) is 0 Å². The van der Waals surface area contributed by atoms with Gasteiger partial charge in [-0.05, 0) is 48.7 Å². The van der Waals surface area contributed by atoms with Crippen molar-refractivity contribution in [1.82, 2.24) is 0 Å². The molecule has 23 heavy (non-hydrogen) atoms. The largest absolute Gasteiger partial charge is 0.488 e. The van der Waals surface area contributed by atoms with Gasteiger partial charge in [0.05, 0.1) is 16.6 Å². The van der Waals surface area contributed by atoms with E-state index in [1.807, 2.05) is 26.0 Å². The standard InChI is InChI=1S/C17H20N2O4/c1-11-7-14(16(20)9-18)8-12(2)17(11)23-10-13-5-3-4-6-15(13)19(21)22/h3-8,16,20H,9-10,18H2,1-2H3. The molecule has 0 aliphatic rings. The van der Waals surface area contributed by atoms with Crippen LogP contribution in [0.4, 0.5) is 5.69 Å². The summed E-state index contributed by atoms with van der Waals surface area (Å²) in [6.45, 7) is 4.00. The highest BCUT2D eigenvalue weighted by molar-refractivity contribution is 5.45. The van der Waals surface area contributed by atoms with Crippen LogP contribution in [-0.4, -0.2) is 16.6 Å². The lowest BCUT2D eigenvalue weighted by Crippen LogP contribution is -2.12. The van der Waals surface area contributed by atoms with Crippen LogP contribution in [0.5, 0.6) is 5.75 Å². The molecule has 122 valence electrons. The van der Waals surface area contributed by atoms with Gasteiger partial charge in [0.1, 0.15) is 12.4 Å². The lowest BCUT2D eigenvalue weighted by Gasteiger charge is -2.16. The van der Waals surface area contributed by atoms with E-state index >= 15 is 0 Å². The Bertz CT molecular complexity index is 692. The summed E-state index contributed by atoms with van der Waals surface area (Å²) >= 11 is 0. The summed E-state index contributed by atoms with van der Waals surface area (Å²) in [6, 6.07) is 10.1. The first kappa shape index (κ1) is 16.9. The van der Waals surface area contributed by atoms with E-state index in [-0.39, 0.29) is 18.8 Å². The second-order valence-corrected chi connectivity index (χ2v) is 5.41. The summed E-state index contributed by atoms with van der Waals surface area (Å²) in [4.78, 5) is 10.6. The molecule has 0 saturated carbocycles. The molecule has 2 rings (SSSR count). The highest BCUT2D eigenvalue weighted by Gasteiger charge is 2.15. The van der Waals surface area contributed by atoms with E-state index in [2.05, 4.69) is 0 Å². The van der Waals surface area contributed by atoms with E-state index in [1.165, 1.54) is 6.07 Å². The summed E-state index contributed by atoms with van der Waals surface area (Å²) < 4.78 is 5.80. The Kier molecular flexibility index (Phi) is 5.31. The normalized spacial score (nSPS) is 12.0. The van der Waals surface area contributed by atoms with Crippen LogP contribution in [0.25, 0.3) is 0 Å². The number of nitrogens with zero attached hydrogens (tertiary/aromatic N) is 1. The summed E-state index contributed by atoms with van der Waals surface area (Å²) in [7, 11) is 0. The van der Waals surface area contributed by atoms with Crippen LogP contribution in [0.1, 0.15) is 28.4 Å². The molecule has 6 heteroatoms. The smallest absolute Gasteiger partial charge is 0.276 e. The maximum Gasteiger partial charge on any atom is 0.276 e. The summed E-state index contributed by atoms with van der Waals surface area (Å²) in [6.07, 6.45) is -0.711. The highest BCUT2D eigenvalue weighted by Crippen LogP contribution is 2.29. The first-order valence-corrected chi connectivity index (χ1v) is 7.28. The number of benzene rings is 2. The summed E-state index contributed by atoms with van der Waals surface area (Å²) in [5, 5.41) is 20.9. The van der Waals surface area contributed by atoms with E-state index in [9.17, 15) is 15.2 Å². The minimum atomic E-state index is -0.711. The molecule has 0 fully saturated rings. The zero-order chi connectivity index (χ0) is 17.0. The van der Waals surface area contributed by atoms with E-state index in [4.69, 9.17) is 10.5 Å². The van der Waals surface area contributed by atoms with Crippen LogP contribution in [0, 0.1) is 24.0 Å². The van der Waals surface area contributed by atoms with E-state index in [1.54, 1.807) is 18.2 Å². The van der Waals surface area contributed by atoms with Gasteiger partial charge >= 0.3 is 0 Å². The molecule has 0 heterocycles. The topological polar surface area (TPSA) is 98.6 Å². The Morgan fingerprint density at radius 2 is 1.87 bits per heavy atom. The third-order valence-corrected chi connectivity index (χ3v) is 3.65. The third kappa shape index (κ3) is 3.85. The molecule has 1 atom stereocenters. The molecule has 0 aromatic heterocycles. The fourth-order valence-electron chi connectivity index (χ4n) is 2.50. The fourth-order valence-corrected chi connectivity index (χ4v) is 2.50. The van der Waals surface area contributed by atoms with Crippen molar-refractivity contribution >= 4 is 5.69 Å². The van der Waals surface area contributed by atoms with Crippen LogP contribution in [0.15, 0.2) is 36.4 Å². The first-order chi connectivity index (χ1) is 10.9. The number of hydrogen-bond donors (Lipinski definition) is 2. The van der Waals surface area contributed by atoms with Gasteiger partial charge in [-0.15, -0.1) is 0 Å². The van der Waals surface area contributed by atoms with Gasteiger partial charge in [0.15, 0.2) is 0 Å². The number of nitro benzene ring substituents is 1. The fraction of sp³-hybridized carbons (Fsp3) is 0.294. The van der Waals surface area contributed by atoms with Crippen LogP contribution in [0.3, 0.4) is 0 Å². The van der Waals surface area contributed by atoms with E-state index < -0.39 is 11.0 Å². The van der Waals surface area contributed by atoms with E-state index in [0.29, 0.717) is 11.3 Å². The second kappa shape index (κ2) is 7.21.